The molecule has 1 saturated carbocycles. The molecule has 0 spiro atoms. The van der Waals surface area contributed by atoms with Gasteiger partial charge in [0.25, 0.3) is 5.91 Å². The van der Waals surface area contributed by atoms with Crippen LogP contribution in [0.15, 0.2) is 66.7 Å². The molecule has 242 valence electrons. The molecule has 2 aromatic heterocycles. The van der Waals surface area contributed by atoms with Gasteiger partial charge < -0.3 is 15.2 Å². The van der Waals surface area contributed by atoms with Crippen LogP contribution < -0.4 is 10.1 Å². The van der Waals surface area contributed by atoms with Gasteiger partial charge in [-0.1, -0.05) is 91.5 Å². The average Bonchev–Trinajstić information content (AvgIpc) is 3.67. The van der Waals surface area contributed by atoms with Crippen molar-refractivity contribution in [2.75, 3.05) is 0 Å². The maximum absolute atomic E-state index is 13.5. The highest BCUT2D eigenvalue weighted by atomic mass is 32.1. The molecule has 46 heavy (non-hydrogen) atoms. The summed E-state index contributed by atoms with van der Waals surface area (Å²) >= 11 is 1.54. The Labute approximate surface area is 276 Å². The van der Waals surface area contributed by atoms with Gasteiger partial charge in [-0.05, 0) is 82.7 Å². The Hall–Kier alpha value is -3.97. The number of carbonyl (C=O) groups excluding carboxylic acids is 1. The number of ether oxygens (including phenoxy) is 1. The Balaban J connectivity index is 1.38. The number of pyridine rings is 1. The number of carboxylic acid groups (broad SMARTS) is 1. The number of hydrogen-bond donors (Lipinski definition) is 2. The molecule has 1 fully saturated rings. The minimum absolute atomic E-state index is 0.0537. The molecule has 1 atom stereocenters. The first-order chi connectivity index (χ1) is 21.7. The molecule has 0 radical (unpaired) electrons. The summed E-state index contributed by atoms with van der Waals surface area (Å²) in [4.78, 5) is 32.6. The number of nitrogens with one attached hydrogen (secondary N) is 1. The summed E-state index contributed by atoms with van der Waals surface area (Å²) in [7, 11) is 0. The summed E-state index contributed by atoms with van der Waals surface area (Å²) in [5.41, 5.74) is 2.44. The molecule has 1 aliphatic carbocycles. The van der Waals surface area contributed by atoms with Crippen molar-refractivity contribution in [3.05, 3.63) is 93.4 Å². The predicted octanol–water partition coefficient (Wildman–Crippen LogP) is 9.60. The van der Waals surface area contributed by atoms with Crippen molar-refractivity contribution in [1.82, 2.24) is 10.3 Å². The van der Waals surface area contributed by atoms with Crippen molar-refractivity contribution < 1.29 is 19.4 Å². The Morgan fingerprint density at radius 1 is 0.978 bits per heavy atom. The minimum Gasteiger partial charge on any atom is -0.480 e. The van der Waals surface area contributed by atoms with E-state index in [1.54, 1.807) is 6.07 Å². The van der Waals surface area contributed by atoms with E-state index in [1.165, 1.54) is 29.7 Å². The van der Waals surface area contributed by atoms with Gasteiger partial charge in [-0.2, -0.15) is 0 Å². The van der Waals surface area contributed by atoms with Gasteiger partial charge in [-0.3, -0.25) is 4.79 Å². The summed E-state index contributed by atoms with van der Waals surface area (Å²) in [5, 5.41) is 14.6. The molecule has 7 heteroatoms. The van der Waals surface area contributed by atoms with E-state index >= 15 is 0 Å². The molecular weight excluding hydrogens is 593 g/mol. The highest BCUT2D eigenvalue weighted by Crippen LogP contribution is 2.33. The van der Waals surface area contributed by atoms with Crippen molar-refractivity contribution in [3.8, 4) is 11.5 Å². The quantitative estimate of drug-likeness (QED) is 0.181. The lowest BCUT2D eigenvalue weighted by molar-refractivity contribution is -0.139. The molecule has 2 aromatic carbocycles. The number of carboxylic acids is 1. The first-order valence-electron chi connectivity index (χ1n) is 16.3. The van der Waals surface area contributed by atoms with Crippen molar-refractivity contribution in [2.45, 2.75) is 91.5 Å². The number of fused-ring (bicyclic) bond motifs is 1. The Morgan fingerprint density at radius 2 is 1.67 bits per heavy atom. The zero-order valence-electron chi connectivity index (χ0n) is 27.9. The van der Waals surface area contributed by atoms with E-state index in [4.69, 9.17) is 9.72 Å². The Kier molecular flexibility index (Phi) is 10.0. The third-order valence-corrected chi connectivity index (χ3v) is 9.54. The van der Waals surface area contributed by atoms with Gasteiger partial charge in [-0.25, -0.2) is 9.78 Å². The lowest BCUT2D eigenvalue weighted by Gasteiger charge is -2.19. The van der Waals surface area contributed by atoms with Gasteiger partial charge in [-0.15, -0.1) is 11.3 Å². The van der Waals surface area contributed by atoms with E-state index in [0.29, 0.717) is 11.7 Å². The number of amides is 1. The summed E-state index contributed by atoms with van der Waals surface area (Å²) in [6.07, 6.45) is 9.87. The number of allylic oxidation sites excluding steroid dienone is 1. The Bertz CT molecular complexity index is 1720. The topological polar surface area (TPSA) is 88.5 Å². The molecule has 4 aromatic rings. The van der Waals surface area contributed by atoms with E-state index in [1.807, 2.05) is 42.5 Å². The van der Waals surface area contributed by atoms with Crippen molar-refractivity contribution >= 4 is 40.1 Å². The van der Waals surface area contributed by atoms with Crippen LogP contribution in [-0.2, 0) is 23.1 Å². The van der Waals surface area contributed by atoms with Crippen LogP contribution in [0.2, 0.25) is 0 Å². The summed E-state index contributed by atoms with van der Waals surface area (Å²) in [5.74, 6) is 0.428. The fraction of sp³-hybridized carbons (Fsp3) is 0.410. The van der Waals surface area contributed by atoms with Crippen molar-refractivity contribution in [1.29, 1.82) is 0 Å². The zero-order chi connectivity index (χ0) is 33.1. The van der Waals surface area contributed by atoms with E-state index in [0.717, 1.165) is 51.2 Å². The van der Waals surface area contributed by atoms with Crippen LogP contribution in [0.1, 0.15) is 98.7 Å². The molecule has 2 heterocycles. The van der Waals surface area contributed by atoms with Crippen LogP contribution in [0.5, 0.6) is 11.5 Å². The van der Waals surface area contributed by atoms with Crippen LogP contribution in [0.3, 0.4) is 0 Å². The van der Waals surface area contributed by atoms with Gasteiger partial charge in [0.2, 0.25) is 0 Å². The zero-order valence-corrected chi connectivity index (χ0v) is 28.7. The standard InChI is InChI=1S/C39H46N2O4S/c1-38(2,3)20-19-30-17-18-31(46-30)24-35(37(43)44)41-36(42)34-22-26-11-14-29(45-28-15-12-27(13-16-28)39(4,5)6)23-32(26)33(40-34)21-25-9-7-8-10-25/h11-20,22-23,25,35H,7-10,21,24H2,1-6H3,(H,41,42)(H,43,44)/b20-19+. The minimum atomic E-state index is -1.07. The molecule has 0 saturated heterocycles. The maximum Gasteiger partial charge on any atom is 0.326 e. The van der Waals surface area contributed by atoms with E-state index < -0.39 is 17.9 Å². The molecular formula is C39H46N2O4S. The second kappa shape index (κ2) is 13.8. The lowest BCUT2D eigenvalue weighted by atomic mass is 9.87. The van der Waals surface area contributed by atoms with Crippen LogP contribution >= 0.6 is 11.3 Å². The number of aromatic nitrogens is 1. The molecule has 0 bridgehead atoms. The summed E-state index contributed by atoms with van der Waals surface area (Å²) < 4.78 is 6.25. The second-order valence-electron chi connectivity index (χ2n) is 14.6. The van der Waals surface area contributed by atoms with Gasteiger partial charge in [0.15, 0.2) is 0 Å². The average molecular weight is 639 g/mol. The summed E-state index contributed by atoms with van der Waals surface area (Å²) in [6.45, 7) is 13.0. The molecule has 5 rings (SSSR count). The smallest absolute Gasteiger partial charge is 0.326 e. The highest BCUT2D eigenvalue weighted by molar-refractivity contribution is 7.12. The third-order valence-electron chi connectivity index (χ3n) is 8.47. The van der Waals surface area contributed by atoms with Crippen LogP contribution in [0.4, 0.5) is 0 Å². The number of rotatable bonds is 10. The van der Waals surface area contributed by atoms with Gasteiger partial charge >= 0.3 is 5.97 Å². The summed E-state index contributed by atoms with van der Waals surface area (Å²) in [6, 6.07) is 18.7. The first-order valence-corrected chi connectivity index (χ1v) is 17.1. The van der Waals surface area contributed by atoms with Gasteiger partial charge in [0, 0.05) is 27.3 Å². The van der Waals surface area contributed by atoms with E-state index in [-0.39, 0.29) is 22.9 Å². The fourth-order valence-corrected chi connectivity index (χ4v) is 6.80. The second-order valence-corrected chi connectivity index (χ2v) is 15.8. The van der Waals surface area contributed by atoms with Crippen molar-refractivity contribution in [3.63, 3.8) is 0 Å². The molecule has 1 unspecified atom stereocenters. The predicted molar refractivity (Wildman–Crippen MR) is 188 cm³/mol. The number of hydrogen-bond acceptors (Lipinski definition) is 5. The van der Waals surface area contributed by atoms with Gasteiger partial charge in [0.1, 0.15) is 23.2 Å². The maximum atomic E-state index is 13.5. The number of carbonyl (C=O) groups is 2. The van der Waals surface area contributed by atoms with Crippen LogP contribution in [0, 0.1) is 11.3 Å². The molecule has 6 nitrogen and oxygen atoms in total. The third kappa shape index (κ3) is 8.85. The highest BCUT2D eigenvalue weighted by Gasteiger charge is 2.25. The monoisotopic (exact) mass is 638 g/mol. The van der Waals surface area contributed by atoms with E-state index in [2.05, 4.69) is 71.1 Å². The molecule has 2 N–H and O–H groups in total. The largest absolute Gasteiger partial charge is 0.480 e. The first kappa shape index (κ1) is 33.4. The number of nitrogens with zero attached hydrogens (tertiary/aromatic N) is 1. The van der Waals surface area contributed by atoms with E-state index in [9.17, 15) is 14.7 Å². The van der Waals surface area contributed by atoms with Gasteiger partial charge in [0.05, 0.1) is 0 Å². The Morgan fingerprint density at radius 3 is 2.33 bits per heavy atom. The SMILES string of the molecule is CC(C)(C)/C=C/c1ccc(CC(NC(=O)c2cc3ccc(Oc4ccc(C(C)(C)C)cc4)cc3c(CC3CCCC3)n2)C(=O)O)s1. The molecule has 1 amide bonds. The number of benzene rings is 2. The van der Waals surface area contributed by atoms with Crippen molar-refractivity contribution in [2.24, 2.45) is 11.3 Å². The number of aliphatic carboxylic acids is 1. The number of thiophene rings is 1. The van der Waals surface area contributed by atoms with Crippen LogP contribution in [-0.4, -0.2) is 28.0 Å². The normalized spacial score (nSPS) is 15.0. The molecule has 0 aliphatic heterocycles. The van der Waals surface area contributed by atoms with Crippen LogP contribution in [0.25, 0.3) is 16.8 Å². The fourth-order valence-electron chi connectivity index (χ4n) is 5.84. The molecule has 1 aliphatic rings. The lowest BCUT2D eigenvalue weighted by Crippen LogP contribution is -2.42.